The quantitative estimate of drug-likeness (QED) is 0.637. The Morgan fingerprint density at radius 3 is 2.77 bits per heavy atom. The van der Waals surface area contributed by atoms with Gasteiger partial charge in [0.25, 0.3) is 0 Å². The average Bonchev–Trinajstić information content (AvgIpc) is 2.11. The van der Waals surface area contributed by atoms with Gasteiger partial charge in [0.2, 0.25) is 0 Å². The molecule has 13 heavy (non-hydrogen) atoms. The van der Waals surface area contributed by atoms with Crippen LogP contribution in [-0.4, -0.2) is 11.2 Å². The van der Waals surface area contributed by atoms with Gasteiger partial charge >= 0.3 is 0 Å². The Balaban J connectivity index is 2.80. The van der Waals surface area contributed by atoms with Crippen LogP contribution in [-0.2, 0) is 4.79 Å². The Hall–Kier alpha value is -0.560. The molecule has 0 spiro atoms. The minimum atomic E-state index is -0.494. The molecular weight excluding hydrogens is 184 g/mol. The molecular formula is C11H15ClO. The number of Topliss-reactive ketones (excluding diaryl/α,β-unsaturated/α-hetero) is 1. The van der Waals surface area contributed by atoms with Crippen LogP contribution in [0.5, 0.6) is 0 Å². The van der Waals surface area contributed by atoms with Crippen LogP contribution in [0.15, 0.2) is 24.3 Å². The van der Waals surface area contributed by atoms with Crippen molar-refractivity contribution in [3.8, 4) is 0 Å². The van der Waals surface area contributed by atoms with Crippen LogP contribution < -0.4 is 0 Å². The van der Waals surface area contributed by atoms with Crippen molar-refractivity contribution in [2.24, 2.45) is 5.41 Å². The van der Waals surface area contributed by atoms with Gasteiger partial charge in [-0.15, -0.1) is 11.6 Å². The van der Waals surface area contributed by atoms with Gasteiger partial charge in [-0.05, 0) is 13.3 Å². The van der Waals surface area contributed by atoms with E-state index in [2.05, 4.69) is 0 Å². The second-order valence-corrected chi connectivity index (χ2v) is 4.07. The highest BCUT2D eigenvalue weighted by molar-refractivity contribution is 6.24. The van der Waals surface area contributed by atoms with Gasteiger partial charge in [0.1, 0.15) is 5.78 Å². The normalized spacial score (nSPS) is 32.1. The molecule has 1 nitrogen and oxygen atoms in total. The van der Waals surface area contributed by atoms with Gasteiger partial charge in [-0.2, -0.15) is 0 Å². The van der Waals surface area contributed by atoms with Gasteiger partial charge < -0.3 is 0 Å². The maximum Gasteiger partial charge on any atom is 0.144 e. The van der Waals surface area contributed by atoms with E-state index < -0.39 is 5.41 Å². The van der Waals surface area contributed by atoms with E-state index in [4.69, 9.17) is 11.6 Å². The monoisotopic (exact) mass is 198 g/mol. The highest BCUT2D eigenvalue weighted by Crippen LogP contribution is 2.34. The lowest BCUT2D eigenvalue weighted by molar-refractivity contribution is -0.125. The Kier molecular flexibility index (Phi) is 3.32. The standard InChI is InChI=1S/C11H15ClO/c1-3-6-10(13)11(2)8-5-4-7-9(11)12/h4-5,7-9H,3,6H2,1-2H3. The van der Waals surface area contributed by atoms with Crippen LogP contribution in [0.3, 0.4) is 0 Å². The number of hydrogen-bond donors (Lipinski definition) is 0. The van der Waals surface area contributed by atoms with Crippen LogP contribution in [0, 0.1) is 5.41 Å². The summed E-state index contributed by atoms with van der Waals surface area (Å²) in [7, 11) is 0. The molecule has 1 rings (SSSR count). The number of allylic oxidation sites excluding steroid dienone is 4. The number of carbonyl (C=O) groups excluding carboxylic acids is 1. The van der Waals surface area contributed by atoms with Crippen LogP contribution in [0.4, 0.5) is 0 Å². The third-order valence-electron chi connectivity index (χ3n) is 2.48. The van der Waals surface area contributed by atoms with E-state index in [1.807, 2.05) is 38.2 Å². The summed E-state index contributed by atoms with van der Waals surface area (Å²) < 4.78 is 0. The summed E-state index contributed by atoms with van der Waals surface area (Å²) in [5, 5.41) is -0.198. The molecule has 0 bridgehead atoms. The van der Waals surface area contributed by atoms with Gasteiger partial charge in [-0.25, -0.2) is 0 Å². The first-order chi connectivity index (χ1) is 6.11. The third kappa shape index (κ3) is 2.02. The number of hydrogen-bond acceptors (Lipinski definition) is 1. The molecule has 1 aliphatic carbocycles. The smallest absolute Gasteiger partial charge is 0.144 e. The van der Waals surface area contributed by atoms with E-state index in [0.717, 1.165) is 6.42 Å². The van der Waals surface area contributed by atoms with Crippen molar-refractivity contribution in [3.63, 3.8) is 0 Å². The first-order valence-electron chi connectivity index (χ1n) is 4.64. The molecule has 72 valence electrons. The summed E-state index contributed by atoms with van der Waals surface area (Å²) in [6, 6.07) is 0. The number of halogens is 1. The van der Waals surface area contributed by atoms with Crippen molar-refractivity contribution in [2.45, 2.75) is 32.1 Å². The van der Waals surface area contributed by atoms with E-state index in [1.165, 1.54) is 0 Å². The predicted octanol–water partition coefficient (Wildman–Crippen LogP) is 3.10. The molecule has 0 heterocycles. The number of ketones is 1. The molecule has 0 fully saturated rings. The highest BCUT2D eigenvalue weighted by Gasteiger charge is 2.36. The van der Waals surface area contributed by atoms with Crippen LogP contribution in [0.25, 0.3) is 0 Å². The summed E-state index contributed by atoms with van der Waals surface area (Å²) >= 11 is 6.10. The van der Waals surface area contributed by atoms with Crippen molar-refractivity contribution in [1.82, 2.24) is 0 Å². The molecule has 2 atom stereocenters. The lowest BCUT2D eigenvalue weighted by Gasteiger charge is -2.29. The SMILES string of the molecule is CCCC(=O)C1(C)C=CC=CC1Cl. The Bertz CT molecular complexity index is 255. The molecule has 0 radical (unpaired) electrons. The molecule has 0 aromatic heterocycles. The molecule has 0 N–H and O–H groups in total. The lowest BCUT2D eigenvalue weighted by atomic mass is 9.78. The average molecular weight is 199 g/mol. The summed E-state index contributed by atoms with van der Waals surface area (Å²) in [4.78, 5) is 11.8. The van der Waals surface area contributed by atoms with E-state index >= 15 is 0 Å². The molecule has 2 unspecified atom stereocenters. The van der Waals surface area contributed by atoms with Crippen molar-refractivity contribution < 1.29 is 4.79 Å². The zero-order chi connectivity index (χ0) is 9.90. The summed E-state index contributed by atoms with van der Waals surface area (Å²) in [5.41, 5.74) is -0.494. The van der Waals surface area contributed by atoms with Crippen LogP contribution in [0.1, 0.15) is 26.7 Å². The predicted molar refractivity (Wildman–Crippen MR) is 55.9 cm³/mol. The fourth-order valence-corrected chi connectivity index (χ4v) is 1.73. The van der Waals surface area contributed by atoms with Gasteiger partial charge in [0.15, 0.2) is 0 Å². The molecule has 0 aromatic rings. The zero-order valence-corrected chi connectivity index (χ0v) is 8.84. The lowest BCUT2D eigenvalue weighted by Crippen LogP contribution is -2.34. The van der Waals surface area contributed by atoms with E-state index in [9.17, 15) is 4.79 Å². The van der Waals surface area contributed by atoms with Crippen LogP contribution >= 0.6 is 11.6 Å². The minimum absolute atomic E-state index is 0.198. The Morgan fingerprint density at radius 2 is 2.23 bits per heavy atom. The van der Waals surface area contributed by atoms with E-state index in [-0.39, 0.29) is 11.2 Å². The fraction of sp³-hybridized carbons (Fsp3) is 0.545. The molecule has 0 saturated carbocycles. The van der Waals surface area contributed by atoms with Crippen molar-refractivity contribution in [3.05, 3.63) is 24.3 Å². The van der Waals surface area contributed by atoms with Crippen molar-refractivity contribution in [1.29, 1.82) is 0 Å². The first-order valence-corrected chi connectivity index (χ1v) is 5.08. The number of carbonyl (C=O) groups is 1. The maximum absolute atomic E-state index is 11.8. The highest BCUT2D eigenvalue weighted by atomic mass is 35.5. The van der Waals surface area contributed by atoms with Gasteiger partial charge in [-0.3, -0.25) is 4.79 Å². The fourth-order valence-electron chi connectivity index (χ4n) is 1.45. The molecule has 0 aliphatic heterocycles. The van der Waals surface area contributed by atoms with Gasteiger partial charge in [0.05, 0.1) is 10.8 Å². The number of alkyl halides is 1. The first kappa shape index (κ1) is 10.5. The molecule has 0 saturated heterocycles. The zero-order valence-electron chi connectivity index (χ0n) is 8.09. The molecule has 2 heteroatoms. The second-order valence-electron chi connectivity index (χ2n) is 3.60. The third-order valence-corrected chi connectivity index (χ3v) is 3.08. The van der Waals surface area contributed by atoms with Crippen molar-refractivity contribution >= 4 is 17.4 Å². The maximum atomic E-state index is 11.8. The molecule has 1 aliphatic rings. The summed E-state index contributed by atoms with van der Waals surface area (Å²) in [6.45, 7) is 3.91. The molecule has 0 aromatic carbocycles. The summed E-state index contributed by atoms with van der Waals surface area (Å²) in [6.07, 6.45) is 9.05. The molecule has 0 amide bonds. The largest absolute Gasteiger partial charge is 0.299 e. The Labute approximate surface area is 84.5 Å². The minimum Gasteiger partial charge on any atom is -0.299 e. The van der Waals surface area contributed by atoms with Gasteiger partial charge in [0, 0.05) is 6.42 Å². The second kappa shape index (κ2) is 4.10. The van der Waals surface area contributed by atoms with Crippen LogP contribution in [0.2, 0.25) is 0 Å². The van der Waals surface area contributed by atoms with E-state index in [0.29, 0.717) is 6.42 Å². The number of rotatable bonds is 3. The van der Waals surface area contributed by atoms with E-state index in [1.54, 1.807) is 0 Å². The van der Waals surface area contributed by atoms with Crippen molar-refractivity contribution in [2.75, 3.05) is 0 Å². The summed E-state index contributed by atoms with van der Waals surface area (Å²) in [5.74, 6) is 0.232. The topological polar surface area (TPSA) is 17.1 Å². The van der Waals surface area contributed by atoms with Gasteiger partial charge in [-0.1, -0.05) is 31.2 Å². The Morgan fingerprint density at radius 1 is 1.54 bits per heavy atom.